The normalized spacial score (nSPS) is 15.0. The van der Waals surface area contributed by atoms with Crippen molar-refractivity contribution in [1.82, 2.24) is 4.90 Å². The molecule has 0 bridgehead atoms. The van der Waals surface area contributed by atoms with Crippen LogP contribution in [0.2, 0.25) is 0 Å². The van der Waals surface area contributed by atoms with Crippen LogP contribution in [0.25, 0.3) is 0 Å². The topological polar surface area (TPSA) is 59.8 Å². The highest BCUT2D eigenvalue weighted by Crippen LogP contribution is 2.26. The van der Waals surface area contributed by atoms with E-state index in [-0.39, 0.29) is 18.3 Å². The molecule has 0 aliphatic carbocycles. The highest BCUT2D eigenvalue weighted by molar-refractivity contribution is 5.95. The average molecular weight is 385 g/mol. The maximum Gasteiger partial charge on any atom is 0.330 e. The lowest BCUT2D eigenvalue weighted by Crippen LogP contribution is -2.49. The molecule has 5 nitrogen and oxygen atoms in total. The molecular weight excluding hydrogens is 366 g/mol. The van der Waals surface area contributed by atoms with Crippen molar-refractivity contribution in [2.24, 2.45) is 0 Å². The molecule has 1 aromatic heterocycles. The van der Waals surface area contributed by atoms with E-state index in [1.165, 1.54) is 11.2 Å². The van der Waals surface area contributed by atoms with Gasteiger partial charge in [-0.05, 0) is 35.4 Å². The second kappa shape index (κ2) is 8.49. The zero-order chi connectivity index (χ0) is 20.1. The molecule has 0 N–H and O–H groups in total. The number of esters is 1. The Labute approximate surface area is 168 Å². The van der Waals surface area contributed by atoms with E-state index in [0.29, 0.717) is 13.0 Å². The van der Waals surface area contributed by atoms with Crippen LogP contribution in [0.5, 0.6) is 0 Å². The number of nitrogens with zero attached hydrogens (tertiary/aromatic N) is 1. The van der Waals surface area contributed by atoms with E-state index in [1.54, 1.807) is 12.1 Å². The molecule has 1 unspecified atom stereocenters. The van der Waals surface area contributed by atoms with Gasteiger partial charge in [0, 0.05) is 18.5 Å². The first-order valence-electron chi connectivity index (χ1n) is 9.34. The molecule has 0 radical (unpaired) electrons. The monoisotopic (exact) mass is 385 g/mol. The Kier molecular flexibility index (Phi) is 5.44. The van der Waals surface area contributed by atoms with E-state index in [1.807, 2.05) is 54.6 Å². The van der Waals surface area contributed by atoms with Crippen LogP contribution in [0.4, 0.5) is 0 Å². The number of carbonyl (C=O) groups is 2. The second-order valence-electron chi connectivity index (χ2n) is 6.67. The minimum Gasteiger partial charge on any atom is -0.459 e. The molecule has 144 valence electrons. The van der Waals surface area contributed by atoms with E-state index in [0.717, 1.165) is 16.7 Å². The van der Waals surface area contributed by atoms with Crippen molar-refractivity contribution in [2.45, 2.75) is 19.0 Å². The Balaban J connectivity index is 1.50. The zero-order valence-corrected chi connectivity index (χ0v) is 15.7. The largest absolute Gasteiger partial charge is 0.459 e. The number of benzene rings is 2. The zero-order valence-electron chi connectivity index (χ0n) is 15.7. The molecule has 0 fully saturated rings. The predicted octanol–water partition coefficient (Wildman–Crippen LogP) is 3.44. The van der Waals surface area contributed by atoms with Gasteiger partial charge in [-0.3, -0.25) is 4.79 Å². The molecule has 0 saturated carbocycles. The fourth-order valence-electron chi connectivity index (χ4n) is 3.35. The Morgan fingerprint density at radius 1 is 1.00 bits per heavy atom. The smallest absolute Gasteiger partial charge is 0.330 e. The summed E-state index contributed by atoms with van der Waals surface area (Å²) in [6.45, 7) is 0.291. The van der Waals surface area contributed by atoms with Gasteiger partial charge in [-0.2, -0.15) is 0 Å². The van der Waals surface area contributed by atoms with E-state index >= 15 is 0 Å². The number of ether oxygens (including phenoxy) is 1. The lowest BCUT2D eigenvalue weighted by Gasteiger charge is -2.34. The number of amides is 1. The van der Waals surface area contributed by atoms with Gasteiger partial charge in [0.15, 0.2) is 12.4 Å². The SMILES string of the molecule is O=C(OCC#Cc1ccccc1)C1Cc2ccccc2CN1C(=O)c1ccco1. The first kappa shape index (κ1) is 18.6. The predicted molar refractivity (Wildman–Crippen MR) is 107 cm³/mol. The van der Waals surface area contributed by atoms with Gasteiger partial charge in [-0.1, -0.05) is 54.3 Å². The molecule has 2 heterocycles. The maximum absolute atomic E-state index is 12.9. The fraction of sp³-hybridized carbons (Fsp3) is 0.167. The number of carbonyl (C=O) groups excluding carboxylic acids is 2. The highest BCUT2D eigenvalue weighted by atomic mass is 16.5. The van der Waals surface area contributed by atoms with E-state index in [9.17, 15) is 9.59 Å². The van der Waals surface area contributed by atoms with Crippen molar-refractivity contribution in [3.05, 3.63) is 95.4 Å². The van der Waals surface area contributed by atoms with Gasteiger partial charge in [-0.15, -0.1) is 0 Å². The van der Waals surface area contributed by atoms with Crippen molar-refractivity contribution in [2.75, 3.05) is 6.61 Å². The number of hydrogen-bond acceptors (Lipinski definition) is 4. The molecule has 1 atom stereocenters. The molecule has 1 aliphatic heterocycles. The van der Waals surface area contributed by atoms with Crippen molar-refractivity contribution >= 4 is 11.9 Å². The lowest BCUT2D eigenvalue weighted by atomic mass is 9.93. The van der Waals surface area contributed by atoms with Crippen molar-refractivity contribution in [1.29, 1.82) is 0 Å². The molecule has 29 heavy (non-hydrogen) atoms. The molecule has 1 amide bonds. The summed E-state index contributed by atoms with van der Waals surface area (Å²) in [6.07, 6.45) is 1.84. The Hall–Kier alpha value is -3.78. The maximum atomic E-state index is 12.9. The van der Waals surface area contributed by atoms with Gasteiger partial charge in [-0.25, -0.2) is 4.79 Å². The number of furan rings is 1. The number of hydrogen-bond donors (Lipinski definition) is 0. The summed E-state index contributed by atoms with van der Waals surface area (Å²) < 4.78 is 10.6. The van der Waals surface area contributed by atoms with E-state index in [4.69, 9.17) is 9.15 Å². The third-order valence-electron chi connectivity index (χ3n) is 4.81. The van der Waals surface area contributed by atoms with E-state index in [2.05, 4.69) is 11.8 Å². The Morgan fingerprint density at radius 3 is 2.52 bits per heavy atom. The minimum absolute atomic E-state index is 0.0331. The van der Waals surface area contributed by atoms with Crippen LogP contribution in [-0.2, 0) is 22.5 Å². The number of fused-ring (bicyclic) bond motifs is 1. The van der Waals surface area contributed by atoms with Crippen LogP contribution in [0.15, 0.2) is 77.4 Å². The molecule has 0 spiro atoms. The minimum atomic E-state index is -0.721. The van der Waals surface area contributed by atoms with Crippen molar-refractivity contribution < 1.29 is 18.7 Å². The van der Waals surface area contributed by atoms with Crippen LogP contribution < -0.4 is 0 Å². The molecular formula is C24H19NO4. The first-order chi connectivity index (χ1) is 14.2. The molecule has 4 rings (SSSR count). The molecule has 1 aliphatic rings. The standard InChI is InChI=1S/C24H19NO4/c26-23(22-13-7-14-28-22)25-17-20-12-5-4-11-19(20)16-21(25)24(27)29-15-6-10-18-8-2-1-3-9-18/h1-5,7-9,11-14,21H,15-17H2. The first-order valence-corrected chi connectivity index (χ1v) is 9.34. The fourth-order valence-corrected chi connectivity index (χ4v) is 3.35. The van der Waals surface area contributed by atoms with Crippen molar-refractivity contribution in [3.8, 4) is 11.8 Å². The van der Waals surface area contributed by atoms with Gasteiger partial charge in [0.25, 0.3) is 5.91 Å². The summed E-state index contributed by atoms with van der Waals surface area (Å²) >= 11 is 0. The lowest BCUT2D eigenvalue weighted by molar-refractivity contribution is -0.148. The molecule has 3 aromatic rings. The molecule has 0 saturated heterocycles. The third kappa shape index (κ3) is 4.22. The van der Waals surface area contributed by atoms with Gasteiger partial charge < -0.3 is 14.1 Å². The van der Waals surface area contributed by atoms with E-state index < -0.39 is 12.0 Å². The van der Waals surface area contributed by atoms with Gasteiger partial charge in [0.1, 0.15) is 6.04 Å². The quantitative estimate of drug-likeness (QED) is 0.512. The van der Waals surface area contributed by atoms with Crippen LogP contribution in [0.1, 0.15) is 27.2 Å². The second-order valence-corrected chi connectivity index (χ2v) is 6.67. The summed E-state index contributed by atoms with van der Waals surface area (Å²) in [5.74, 6) is 5.20. The summed E-state index contributed by atoms with van der Waals surface area (Å²) in [4.78, 5) is 27.2. The Morgan fingerprint density at radius 2 is 1.76 bits per heavy atom. The molecule has 2 aromatic carbocycles. The summed E-state index contributed by atoms with van der Waals surface area (Å²) in [5, 5.41) is 0. The van der Waals surface area contributed by atoms with Crippen LogP contribution in [-0.4, -0.2) is 29.4 Å². The van der Waals surface area contributed by atoms with Gasteiger partial charge >= 0.3 is 5.97 Å². The summed E-state index contributed by atoms with van der Waals surface area (Å²) in [6, 6.07) is 19.8. The van der Waals surface area contributed by atoms with Crippen molar-refractivity contribution in [3.63, 3.8) is 0 Å². The van der Waals surface area contributed by atoms with Crippen LogP contribution >= 0.6 is 0 Å². The summed E-state index contributed by atoms with van der Waals surface area (Å²) in [5.41, 5.74) is 2.90. The Bertz CT molecular complexity index is 1060. The van der Waals surface area contributed by atoms with Gasteiger partial charge in [0.05, 0.1) is 6.26 Å². The van der Waals surface area contributed by atoms with Gasteiger partial charge in [0.2, 0.25) is 0 Å². The molecule has 5 heteroatoms. The third-order valence-corrected chi connectivity index (χ3v) is 4.81. The average Bonchev–Trinajstić information content (AvgIpc) is 3.31. The number of rotatable bonds is 3. The van der Waals surface area contributed by atoms with Crippen LogP contribution in [0.3, 0.4) is 0 Å². The highest BCUT2D eigenvalue weighted by Gasteiger charge is 2.36. The summed E-state index contributed by atoms with van der Waals surface area (Å²) in [7, 11) is 0. The van der Waals surface area contributed by atoms with Crippen LogP contribution in [0, 0.1) is 11.8 Å².